The Bertz CT molecular complexity index is 159. The average Bonchev–Trinajstić information content (AvgIpc) is 2.48. The van der Waals surface area contributed by atoms with E-state index in [9.17, 15) is 0 Å². The van der Waals surface area contributed by atoms with Crippen molar-refractivity contribution < 1.29 is 5.11 Å². The Hall–Kier alpha value is -0.120. The minimum atomic E-state index is -0.385. The molecular formula is C10H22N2O. The number of aliphatic hydroxyl groups is 1. The van der Waals surface area contributed by atoms with Crippen molar-refractivity contribution in [3.05, 3.63) is 0 Å². The molecule has 2 atom stereocenters. The third kappa shape index (κ3) is 3.25. The van der Waals surface area contributed by atoms with Gasteiger partial charge in [0.15, 0.2) is 0 Å². The van der Waals surface area contributed by atoms with Crippen LogP contribution in [-0.2, 0) is 0 Å². The fourth-order valence-corrected chi connectivity index (χ4v) is 1.92. The summed E-state index contributed by atoms with van der Waals surface area (Å²) in [5, 5.41) is 9.00. The number of nitrogens with two attached hydrogens (primary N) is 1. The molecule has 1 fully saturated rings. The van der Waals surface area contributed by atoms with Crippen LogP contribution in [0.3, 0.4) is 0 Å². The maximum atomic E-state index is 9.00. The SMILES string of the molecule is CN1CCCC1CCC(C)(N)CO. The molecule has 0 aromatic rings. The first-order valence-electron chi connectivity index (χ1n) is 5.15. The molecule has 78 valence electrons. The van der Waals surface area contributed by atoms with Gasteiger partial charge in [0.1, 0.15) is 0 Å². The summed E-state index contributed by atoms with van der Waals surface area (Å²) < 4.78 is 0. The predicted octanol–water partition coefficient (Wildman–Crippen LogP) is 0.571. The highest BCUT2D eigenvalue weighted by Gasteiger charge is 2.24. The van der Waals surface area contributed by atoms with Gasteiger partial charge in [-0.1, -0.05) is 0 Å². The lowest BCUT2D eigenvalue weighted by atomic mass is 9.95. The molecule has 0 aliphatic carbocycles. The average molecular weight is 186 g/mol. The number of hydrogen-bond acceptors (Lipinski definition) is 3. The van der Waals surface area contributed by atoms with Gasteiger partial charge in [-0.3, -0.25) is 0 Å². The molecule has 3 nitrogen and oxygen atoms in total. The second-order valence-electron chi connectivity index (χ2n) is 4.63. The Kier molecular flexibility index (Phi) is 3.71. The van der Waals surface area contributed by atoms with Gasteiger partial charge in [0.2, 0.25) is 0 Å². The Morgan fingerprint density at radius 1 is 1.62 bits per heavy atom. The van der Waals surface area contributed by atoms with Crippen molar-refractivity contribution >= 4 is 0 Å². The van der Waals surface area contributed by atoms with Crippen LogP contribution in [0.5, 0.6) is 0 Å². The van der Waals surface area contributed by atoms with Gasteiger partial charge in [-0.2, -0.15) is 0 Å². The third-order valence-electron chi connectivity index (χ3n) is 3.08. The topological polar surface area (TPSA) is 49.5 Å². The minimum absolute atomic E-state index is 0.0867. The largest absolute Gasteiger partial charge is 0.394 e. The Labute approximate surface area is 80.9 Å². The molecule has 0 aromatic carbocycles. The lowest BCUT2D eigenvalue weighted by molar-refractivity contribution is 0.184. The Morgan fingerprint density at radius 3 is 2.77 bits per heavy atom. The summed E-state index contributed by atoms with van der Waals surface area (Å²) in [5.74, 6) is 0. The van der Waals surface area contributed by atoms with E-state index in [1.165, 1.54) is 19.4 Å². The van der Waals surface area contributed by atoms with E-state index in [-0.39, 0.29) is 12.1 Å². The van der Waals surface area contributed by atoms with Crippen LogP contribution in [0.25, 0.3) is 0 Å². The number of likely N-dealkylation sites (tertiary alicyclic amines) is 1. The molecule has 0 radical (unpaired) electrons. The highest BCUT2D eigenvalue weighted by atomic mass is 16.3. The van der Waals surface area contributed by atoms with Crippen molar-refractivity contribution in [1.29, 1.82) is 0 Å². The molecule has 3 N–H and O–H groups in total. The van der Waals surface area contributed by atoms with Crippen molar-refractivity contribution in [3.63, 3.8) is 0 Å². The highest BCUT2D eigenvalue weighted by molar-refractivity contribution is 4.83. The molecule has 1 aliphatic rings. The van der Waals surface area contributed by atoms with Crippen LogP contribution in [0.4, 0.5) is 0 Å². The summed E-state index contributed by atoms with van der Waals surface area (Å²) >= 11 is 0. The van der Waals surface area contributed by atoms with Gasteiger partial charge in [-0.05, 0) is 46.2 Å². The summed E-state index contributed by atoms with van der Waals surface area (Å²) in [6, 6.07) is 0.689. The second-order valence-corrected chi connectivity index (χ2v) is 4.63. The zero-order valence-electron chi connectivity index (χ0n) is 8.79. The minimum Gasteiger partial charge on any atom is -0.394 e. The summed E-state index contributed by atoms with van der Waals surface area (Å²) in [7, 11) is 2.17. The van der Waals surface area contributed by atoms with E-state index in [1.807, 2.05) is 6.92 Å². The monoisotopic (exact) mass is 186 g/mol. The quantitative estimate of drug-likeness (QED) is 0.675. The van der Waals surface area contributed by atoms with Gasteiger partial charge in [-0.25, -0.2) is 0 Å². The van der Waals surface area contributed by atoms with Crippen molar-refractivity contribution in [2.24, 2.45) is 5.73 Å². The van der Waals surface area contributed by atoms with Gasteiger partial charge in [-0.15, -0.1) is 0 Å². The molecule has 1 saturated heterocycles. The lowest BCUT2D eigenvalue weighted by Gasteiger charge is -2.26. The fourth-order valence-electron chi connectivity index (χ4n) is 1.92. The third-order valence-corrected chi connectivity index (χ3v) is 3.08. The summed E-state index contributed by atoms with van der Waals surface area (Å²) in [5.41, 5.74) is 5.49. The van der Waals surface area contributed by atoms with Crippen LogP contribution < -0.4 is 5.73 Å². The van der Waals surface area contributed by atoms with Crippen LogP contribution >= 0.6 is 0 Å². The Morgan fingerprint density at radius 2 is 2.31 bits per heavy atom. The van der Waals surface area contributed by atoms with E-state index in [2.05, 4.69) is 11.9 Å². The number of aliphatic hydroxyl groups excluding tert-OH is 1. The van der Waals surface area contributed by atoms with Crippen molar-refractivity contribution in [2.75, 3.05) is 20.2 Å². The van der Waals surface area contributed by atoms with Gasteiger partial charge in [0, 0.05) is 11.6 Å². The molecule has 1 rings (SSSR count). The van der Waals surface area contributed by atoms with E-state index in [0.717, 1.165) is 12.8 Å². The first kappa shape index (κ1) is 11.0. The second kappa shape index (κ2) is 4.40. The predicted molar refractivity (Wildman–Crippen MR) is 54.6 cm³/mol. The Balaban J connectivity index is 2.25. The van der Waals surface area contributed by atoms with E-state index in [1.54, 1.807) is 0 Å². The maximum absolute atomic E-state index is 9.00. The van der Waals surface area contributed by atoms with Gasteiger partial charge >= 0.3 is 0 Å². The number of rotatable bonds is 4. The maximum Gasteiger partial charge on any atom is 0.0608 e. The molecule has 1 heterocycles. The molecule has 2 unspecified atom stereocenters. The van der Waals surface area contributed by atoms with E-state index < -0.39 is 0 Å². The normalized spacial score (nSPS) is 29.1. The standard InChI is InChI=1S/C10H22N2O/c1-10(11,8-13)6-5-9-4-3-7-12(9)2/h9,13H,3-8,11H2,1-2H3. The number of nitrogens with zero attached hydrogens (tertiary/aromatic N) is 1. The van der Waals surface area contributed by atoms with Crippen LogP contribution in [0.15, 0.2) is 0 Å². The molecule has 0 bridgehead atoms. The van der Waals surface area contributed by atoms with Crippen molar-refractivity contribution in [2.45, 2.75) is 44.2 Å². The zero-order valence-corrected chi connectivity index (χ0v) is 8.79. The molecule has 0 amide bonds. The van der Waals surface area contributed by atoms with Gasteiger partial charge in [0.05, 0.1) is 6.61 Å². The molecule has 3 heteroatoms. The summed E-state index contributed by atoms with van der Waals surface area (Å²) in [6.45, 7) is 3.22. The smallest absolute Gasteiger partial charge is 0.0608 e. The van der Waals surface area contributed by atoms with Gasteiger partial charge in [0.25, 0.3) is 0 Å². The number of hydrogen-bond donors (Lipinski definition) is 2. The van der Waals surface area contributed by atoms with E-state index in [4.69, 9.17) is 10.8 Å². The van der Waals surface area contributed by atoms with Gasteiger partial charge < -0.3 is 15.7 Å². The van der Waals surface area contributed by atoms with Crippen LogP contribution in [-0.4, -0.2) is 41.8 Å². The van der Waals surface area contributed by atoms with Crippen LogP contribution in [0, 0.1) is 0 Å². The fraction of sp³-hybridized carbons (Fsp3) is 1.00. The molecule has 13 heavy (non-hydrogen) atoms. The zero-order chi connectivity index (χ0) is 9.90. The van der Waals surface area contributed by atoms with E-state index in [0.29, 0.717) is 6.04 Å². The molecule has 1 aliphatic heterocycles. The summed E-state index contributed by atoms with van der Waals surface area (Å²) in [6.07, 6.45) is 4.63. The molecular weight excluding hydrogens is 164 g/mol. The van der Waals surface area contributed by atoms with Crippen molar-refractivity contribution in [1.82, 2.24) is 4.90 Å². The summed E-state index contributed by atoms with van der Waals surface area (Å²) in [4.78, 5) is 2.40. The van der Waals surface area contributed by atoms with Crippen molar-refractivity contribution in [3.8, 4) is 0 Å². The first-order valence-corrected chi connectivity index (χ1v) is 5.15. The van der Waals surface area contributed by atoms with Crippen LogP contribution in [0.2, 0.25) is 0 Å². The van der Waals surface area contributed by atoms with Crippen LogP contribution in [0.1, 0.15) is 32.6 Å². The molecule has 0 aromatic heterocycles. The lowest BCUT2D eigenvalue weighted by Crippen LogP contribution is -2.41. The van der Waals surface area contributed by atoms with E-state index >= 15 is 0 Å². The highest BCUT2D eigenvalue weighted by Crippen LogP contribution is 2.21. The molecule has 0 saturated carbocycles. The first-order chi connectivity index (χ1) is 6.05. The molecule has 0 spiro atoms.